The minimum absolute atomic E-state index is 0.102. The largest absolute Gasteiger partial charge is 0.431 e. The molecule has 3 nitrogen and oxygen atoms in total. The van der Waals surface area contributed by atoms with Gasteiger partial charge in [0.1, 0.15) is 5.69 Å². The Morgan fingerprint density at radius 2 is 1.52 bits per heavy atom. The second-order valence-corrected chi connectivity index (χ2v) is 7.64. The molecule has 0 atom stereocenters. The molecular weight excluding hydrogens is 371 g/mol. The van der Waals surface area contributed by atoms with Crippen molar-refractivity contribution >= 4 is 25.6 Å². The first-order valence-electron chi connectivity index (χ1n) is 7.01. The van der Waals surface area contributed by atoms with Gasteiger partial charge in [-0.3, -0.25) is 4.79 Å². The molecule has 0 amide bonds. The Morgan fingerprint density at radius 3 is 1.88 bits per heavy atom. The number of alkyl halides is 6. The van der Waals surface area contributed by atoms with Crippen molar-refractivity contribution in [3.05, 3.63) is 27.7 Å². The lowest BCUT2D eigenvalue weighted by Crippen LogP contribution is -2.51. The van der Waals surface area contributed by atoms with Crippen LogP contribution in [-0.4, -0.2) is 22.4 Å². The van der Waals surface area contributed by atoms with Gasteiger partial charge >= 0.3 is 19.8 Å². The van der Waals surface area contributed by atoms with Gasteiger partial charge in [-0.2, -0.15) is 39.0 Å². The van der Waals surface area contributed by atoms with E-state index in [2.05, 4.69) is 12.6 Å². The molecule has 0 spiro atoms. The molecule has 11 heteroatoms. The SMILES string of the molecule is Cn1c(C(F)(F)F)cc(C(F)(F)F)c([B]OC(C)(C)C(C)(C)S)c1=O. The molecule has 1 rings (SSSR count). The van der Waals surface area contributed by atoms with Crippen molar-refractivity contribution in [2.45, 2.75) is 50.4 Å². The first kappa shape index (κ1) is 21.9. The minimum atomic E-state index is -5.16. The Kier molecular flexibility index (Phi) is 5.77. The highest BCUT2D eigenvalue weighted by Crippen LogP contribution is 2.34. The van der Waals surface area contributed by atoms with Crippen molar-refractivity contribution in [3.63, 3.8) is 0 Å². The topological polar surface area (TPSA) is 31.2 Å². The van der Waals surface area contributed by atoms with E-state index in [1.165, 1.54) is 13.8 Å². The zero-order chi connectivity index (χ0) is 20.0. The third-order valence-corrected chi connectivity index (χ3v) is 4.55. The van der Waals surface area contributed by atoms with Crippen LogP contribution in [0.15, 0.2) is 10.9 Å². The fourth-order valence-electron chi connectivity index (χ4n) is 1.69. The number of nitrogens with zero attached hydrogens (tertiary/aromatic N) is 1. The number of hydrogen-bond acceptors (Lipinski definition) is 3. The highest BCUT2D eigenvalue weighted by molar-refractivity contribution is 7.81. The smallest absolute Gasteiger partial charge is 0.428 e. The average Bonchev–Trinajstić information content (AvgIpc) is 2.36. The predicted molar refractivity (Wildman–Crippen MR) is 85.3 cm³/mol. The van der Waals surface area contributed by atoms with Crippen LogP contribution >= 0.6 is 12.6 Å². The van der Waals surface area contributed by atoms with E-state index >= 15 is 0 Å². The summed E-state index contributed by atoms with van der Waals surface area (Å²) in [6, 6.07) is -0.102. The van der Waals surface area contributed by atoms with Crippen LogP contribution in [-0.2, 0) is 24.1 Å². The fraction of sp³-hybridized carbons (Fsp3) is 0.643. The molecule has 0 unspecified atom stereocenters. The van der Waals surface area contributed by atoms with Gasteiger partial charge in [-0.1, -0.05) is 0 Å². The summed E-state index contributed by atoms with van der Waals surface area (Å²) in [4.78, 5) is 12.1. The second-order valence-electron chi connectivity index (χ2n) is 6.52. The van der Waals surface area contributed by atoms with Crippen molar-refractivity contribution in [1.82, 2.24) is 4.57 Å². The number of aromatic nitrogens is 1. The molecule has 25 heavy (non-hydrogen) atoms. The average molecular weight is 388 g/mol. The summed E-state index contributed by atoms with van der Waals surface area (Å²) in [5.74, 6) is 0. The van der Waals surface area contributed by atoms with E-state index in [1.807, 2.05) is 0 Å². The molecule has 1 radical (unpaired) electrons. The summed E-state index contributed by atoms with van der Waals surface area (Å²) >= 11 is 4.27. The Morgan fingerprint density at radius 1 is 1.04 bits per heavy atom. The molecular formula is C14H17BF6NO2S. The Labute approximate surface area is 147 Å². The van der Waals surface area contributed by atoms with Crippen LogP contribution in [0.1, 0.15) is 39.0 Å². The number of rotatable bonds is 4. The summed E-state index contributed by atoms with van der Waals surface area (Å²) < 4.78 is 82.8. The van der Waals surface area contributed by atoms with Gasteiger partial charge in [-0.15, -0.1) is 0 Å². The maximum Gasteiger partial charge on any atom is 0.431 e. The zero-order valence-corrected chi connectivity index (χ0v) is 15.0. The molecule has 1 heterocycles. The lowest BCUT2D eigenvalue weighted by Gasteiger charge is -2.38. The minimum Gasteiger partial charge on any atom is -0.428 e. The molecule has 0 fully saturated rings. The molecule has 0 saturated carbocycles. The fourth-order valence-corrected chi connectivity index (χ4v) is 1.74. The van der Waals surface area contributed by atoms with E-state index < -0.39 is 45.0 Å². The Balaban J connectivity index is 3.51. The maximum absolute atomic E-state index is 13.2. The summed E-state index contributed by atoms with van der Waals surface area (Å²) in [7, 11) is 1.29. The van der Waals surface area contributed by atoms with E-state index in [9.17, 15) is 31.1 Å². The van der Waals surface area contributed by atoms with Crippen LogP contribution in [0.2, 0.25) is 0 Å². The molecule has 0 aliphatic rings. The van der Waals surface area contributed by atoms with E-state index in [0.717, 1.165) is 7.05 Å². The van der Waals surface area contributed by atoms with Crippen LogP contribution < -0.4 is 11.0 Å². The van der Waals surface area contributed by atoms with Crippen molar-refractivity contribution in [2.75, 3.05) is 0 Å². The molecule has 1 aromatic heterocycles. The summed E-state index contributed by atoms with van der Waals surface area (Å²) in [5.41, 5.74) is -6.98. The lowest BCUT2D eigenvalue weighted by atomic mass is 9.81. The number of pyridine rings is 1. The predicted octanol–water partition coefficient (Wildman–Crippen LogP) is 3.17. The number of halogens is 6. The maximum atomic E-state index is 13.2. The van der Waals surface area contributed by atoms with Crippen molar-refractivity contribution < 1.29 is 31.0 Å². The molecule has 0 bridgehead atoms. The molecule has 0 aliphatic carbocycles. The van der Waals surface area contributed by atoms with E-state index in [0.29, 0.717) is 7.48 Å². The van der Waals surface area contributed by atoms with Crippen LogP contribution in [0.25, 0.3) is 0 Å². The highest BCUT2D eigenvalue weighted by atomic mass is 32.1. The molecule has 141 valence electrons. The Bertz CT molecular complexity index is 703. The van der Waals surface area contributed by atoms with Gasteiger partial charge in [-0.25, -0.2) is 0 Å². The standard InChI is InChI=1S/C14H17BF6NO2S/c1-11(2,12(3,4)25)24-15-9-7(13(16,17)18)6-8(14(19,20)21)22(5)10(9)23/h6,25H,1-5H3. The van der Waals surface area contributed by atoms with Crippen molar-refractivity contribution in [2.24, 2.45) is 7.05 Å². The first-order valence-corrected chi connectivity index (χ1v) is 7.46. The van der Waals surface area contributed by atoms with Crippen LogP contribution in [0.4, 0.5) is 26.3 Å². The number of thiol groups is 1. The van der Waals surface area contributed by atoms with Gasteiger partial charge < -0.3 is 9.22 Å². The van der Waals surface area contributed by atoms with Crippen LogP contribution in [0.5, 0.6) is 0 Å². The van der Waals surface area contributed by atoms with Crippen molar-refractivity contribution in [3.8, 4) is 0 Å². The van der Waals surface area contributed by atoms with Gasteiger partial charge in [0.25, 0.3) is 0 Å². The van der Waals surface area contributed by atoms with Gasteiger partial charge in [0.15, 0.2) is 0 Å². The molecule has 0 saturated heterocycles. The van der Waals surface area contributed by atoms with E-state index in [1.54, 1.807) is 13.8 Å². The second kappa shape index (κ2) is 6.57. The monoisotopic (exact) mass is 388 g/mol. The normalized spacial score (nSPS) is 13.9. The first-order chi connectivity index (χ1) is 10.9. The summed E-state index contributed by atoms with van der Waals surface area (Å²) in [5, 5.41) is 0. The van der Waals surface area contributed by atoms with E-state index in [4.69, 9.17) is 4.65 Å². The van der Waals surface area contributed by atoms with E-state index in [-0.39, 0.29) is 10.6 Å². The van der Waals surface area contributed by atoms with Crippen molar-refractivity contribution in [1.29, 1.82) is 0 Å². The number of hydrogen-bond donors (Lipinski definition) is 1. The molecule has 0 N–H and O–H groups in total. The van der Waals surface area contributed by atoms with Crippen LogP contribution in [0, 0.1) is 0 Å². The van der Waals surface area contributed by atoms with Gasteiger partial charge in [-0.05, 0) is 33.8 Å². The quantitative estimate of drug-likeness (QED) is 0.488. The lowest BCUT2D eigenvalue weighted by molar-refractivity contribution is -0.147. The third-order valence-electron chi connectivity index (χ3n) is 4.01. The summed E-state index contributed by atoms with van der Waals surface area (Å²) in [6.07, 6.45) is -10.3. The summed E-state index contributed by atoms with van der Waals surface area (Å²) in [6.45, 7) is 6.33. The molecule has 1 aromatic rings. The van der Waals surface area contributed by atoms with Gasteiger partial charge in [0.05, 0.1) is 11.2 Å². The molecule has 0 aliphatic heterocycles. The third kappa shape index (κ3) is 4.75. The Hall–Kier alpha value is -1.10. The zero-order valence-electron chi connectivity index (χ0n) is 14.1. The highest BCUT2D eigenvalue weighted by Gasteiger charge is 2.42. The van der Waals surface area contributed by atoms with Gasteiger partial charge in [0.2, 0.25) is 5.56 Å². The molecule has 0 aromatic carbocycles. The van der Waals surface area contributed by atoms with Gasteiger partial charge in [0, 0.05) is 17.3 Å². The van der Waals surface area contributed by atoms with Crippen LogP contribution in [0.3, 0.4) is 0 Å².